The van der Waals surface area contributed by atoms with Crippen molar-refractivity contribution in [2.24, 2.45) is 29.6 Å². The molecule has 1 heterocycles. The Bertz CT molecular complexity index is 739. The Morgan fingerprint density at radius 1 is 1.23 bits per heavy atom. The lowest BCUT2D eigenvalue weighted by Crippen LogP contribution is -2.35. The molecule has 3 aliphatic rings. The molecular formula is C20H23NO5. The molecule has 0 aromatic heterocycles. The van der Waals surface area contributed by atoms with Crippen LogP contribution in [0.1, 0.15) is 37.0 Å². The molecule has 6 nitrogen and oxygen atoms in total. The van der Waals surface area contributed by atoms with E-state index in [2.05, 4.69) is 5.32 Å². The van der Waals surface area contributed by atoms with Crippen molar-refractivity contribution in [2.45, 2.75) is 32.8 Å². The van der Waals surface area contributed by atoms with E-state index in [1.165, 1.54) is 0 Å². The van der Waals surface area contributed by atoms with E-state index in [-0.39, 0.29) is 53.5 Å². The minimum atomic E-state index is -0.371. The molecule has 2 aliphatic carbocycles. The van der Waals surface area contributed by atoms with Crippen molar-refractivity contribution in [3.63, 3.8) is 0 Å². The molecule has 0 unspecified atom stereocenters. The number of rotatable bonds is 5. The van der Waals surface area contributed by atoms with Crippen LogP contribution in [0.5, 0.6) is 0 Å². The maximum atomic E-state index is 12.7. The normalized spacial score (nSPS) is 31.2. The Balaban J connectivity index is 1.39. The summed E-state index contributed by atoms with van der Waals surface area (Å²) in [5.41, 5.74) is 1.06. The van der Waals surface area contributed by atoms with Gasteiger partial charge in [0.1, 0.15) is 6.10 Å². The standard InChI is InChI=1S/C20H23NO5/c1-10(2)9-25-19(23)11-3-5-13(6-4-11)21-18(22)16-12-7-14-15(8-12)26-20(24)17(14)16/h3-6,10,12,14-17H,7-9H2,1-2H3,(H,21,22)/t12-,14+,15-,16-,17-/m1/s1. The molecule has 4 rings (SSSR count). The topological polar surface area (TPSA) is 81.7 Å². The molecule has 2 saturated carbocycles. The van der Waals surface area contributed by atoms with Crippen LogP contribution in [0.25, 0.3) is 0 Å². The maximum absolute atomic E-state index is 12.7. The summed E-state index contributed by atoms with van der Waals surface area (Å²) in [5, 5.41) is 2.89. The number of carbonyl (C=O) groups excluding carboxylic acids is 3. The van der Waals surface area contributed by atoms with Gasteiger partial charge in [-0.1, -0.05) is 13.8 Å². The number of esters is 2. The van der Waals surface area contributed by atoms with E-state index in [0.717, 1.165) is 12.8 Å². The van der Waals surface area contributed by atoms with Crippen molar-refractivity contribution in [1.29, 1.82) is 0 Å². The first-order valence-electron chi connectivity index (χ1n) is 9.22. The molecule has 138 valence electrons. The van der Waals surface area contributed by atoms with Gasteiger partial charge < -0.3 is 14.8 Å². The largest absolute Gasteiger partial charge is 0.462 e. The van der Waals surface area contributed by atoms with Crippen LogP contribution in [0.2, 0.25) is 0 Å². The highest BCUT2D eigenvalue weighted by atomic mass is 16.6. The third-order valence-electron chi connectivity index (χ3n) is 5.72. The van der Waals surface area contributed by atoms with Gasteiger partial charge >= 0.3 is 11.9 Å². The summed E-state index contributed by atoms with van der Waals surface area (Å²) >= 11 is 0. The first kappa shape index (κ1) is 17.1. The highest BCUT2D eigenvalue weighted by molar-refractivity contribution is 5.97. The zero-order valence-electron chi connectivity index (χ0n) is 14.9. The van der Waals surface area contributed by atoms with Crippen molar-refractivity contribution < 1.29 is 23.9 Å². The van der Waals surface area contributed by atoms with Gasteiger partial charge in [-0.25, -0.2) is 4.79 Å². The third-order valence-corrected chi connectivity index (χ3v) is 5.72. The van der Waals surface area contributed by atoms with Crippen LogP contribution in [0.4, 0.5) is 5.69 Å². The predicted molar refractivity (Wildman–Crippen MR) is 93.3 cm³/mol. The molecule has 0 spiro atoms. The molecule has 5 atom stereocenters. The van der Waals surface area contributed by atoms with Crippen molar-refractivity contribution in [3.05, 3.63) is 29.8 Å². The van der Waals surface area contributed by atoms with Crippen LogP contribution in [-0.4, -0.2) is 30.6 Å². The number of carbonyl (C=O) groups is 3. The quantitative estimate of drug-likeness (QED) is 0.819. The van der Waals surface area contributed by atoms with Gasteiger partial charge in [-0.05, 0) is 48.9 Å². The van der Waals surface area contributed by atoms with Crippen LogP contribution in [0.15, 0.2) is 24.3 Å². The van der Waals surface area contributed by atoms with Crippen LogP contribution in [-0.2, 0) is 19.1 Å². The van der Waals surface area contributed by atoms with E-state index in [1.54, 1.807) is 24.3 Å². The fourth-order valence-electron chi connectivity index (χ4n) is 4.60. The summed E-state index contributed by atoms with van der Waals surface area (Å²) in [6.45, 7) is 4.33. The molecule has 1 aromatic carbocycles. The number of amides is 1. The SMILES string of the molecule is CC(C)COC(=O)c1ccc(NC(=O)[C@@H]2[C@@H]3C[C@@H]4[C@H]2C(=O)O[C@@H]4C3)cc1. The second-order valence-electron chi connectivity index (χ2n) is 7.98. The van der Waals surface area contributed by atoms with E-state index >= 15 is 0 Å². The van der Waals surface area contributed by atoms with Crippen LogP contribution >= 0.6 is 0 Å². The van der Waals surface area contributed by atoms with Gasteiger partial charge in [-0.15, -0.1) is 0 Å². The summed E-state index contributed by atoms with van der Waals surface area (Å²) in [4.78, 5) is 36.7. The Morgan fingerprint density at radius 3 is 2.65 bits per heavy atom. The molecule has 3 fully saturated rings. The minimum absolute atomic E-state index is 0.0256. The summed E-state index contributed by atoms with van der Waals surface area (Å²) in [5.74, 6) is -0.595. The van der Waals surface area contributed by atoms with Gasteiger partial charge in [0, 0.05) is 11.6 Å². The molecule has 1 N–H and O–H groups in total. The van der Waals surface area contributed by atoms with Gasteiger partial charge in [0.15, 0.2) is 0 Å². The molecule has 26 heavy (non-hydrogen) atoms. The number of hydrogen-bond donors (Lipinski definition) is 1. The molecule has 1 amide bonds. The monoisotopic (exact) mass is 357 g/mol. The summed E-state index contributed by atoms with van der Waals surface area (Å²) in [6.07, 6.45) is 1.73. The fraction of sp³-hybridized carbons (Fsp3) is 0.550. The van der Waals surface area contributed by atoms with Gasteiger partial charge in [0.2, 0.25) is 5.91 Å². The average Bonchev–Trinajstić information content (AvgIpc) is 3.22. The average molecular weight is 357 g/mol. The number of benzene rings is 1. The van der Waals surface area contributed by atoms with Crippen molar-refractivity contribution in [2.75, 3.05) is 11.9 Å². The van der Waals surface area contributed by atoms with Gasteiger partial charge in [-0.2, -0.15) is 0 Å². The lowest BCUT2D eigenvalue weighted by atomic mass is 9.79. The van der Waals surface area contributed by atoms with E-state index in [4.69, 9.17) is 9.47 Å². The smallest absolute Gasteiger partial charge is 0.338 e. The number of fused-ring (bicyclic) bond motifs is 1. The first-order chi connectivity index (χ1) is 12.4. The molecule has 2 bridgehead atoms. The number of hydrogen-bond acceptors (Lipinski definition) is 5. The van der Waals surface area contributed by atoms with E-state index in [9.17, 15) is 14.4 Å². The summed E-state index contributed by atoms with van der Waals surface area (Å²) < 4.78 is 10.6. The van der Waals surface area contributed by atoms with Gasteiger partial charge in [-0.3, -0.25) is 9.59 Å². The van der Waals surface area contributed by atoms with Crippen molar-refractivity contribution in [3.8, 4) is 0 Å². The maximum Gasteiger partial charge on any atom is 0.338 e. The predicted octanol–water partition coefficient (Wildman–Crippen LogP) is 2.64. The number of ether oxygens (including phenoxy) is 2. The van der Waals surface area contributed by atoms with Crippen LogP contribution < -0.4 is 5.32 Å². The summed E-state index contributed by atoms with van der Waals surface area (Å²) in [6, 6.07) is 6.65. The Labute approximate surface area is 152 Å². The Hall–Kier alpha value is -2.37. The van der Waals surface area contributed by atoms with Gasteiger partial charge in [0.25, 0.3) is 0 Å². The number of nitrogens with one attached hydrogen (secondary N) is 1. The molecule has 1 aliphatic heterocycles. The molecule has 1 aromatic rings. The second kappa shape index (κ2) is 6.41. The van der Waals surface area contributed by atoms with Crippen LogP contribution in [0, 0.1) is 29.6 Å². The lowest BCUT2D eigenvalue weighted by Gasteiger charge is -2.23. The zero-order chi connectivity index (χ0) is 18.4. The third kappa shape index (κ3) is 2.87. The van der Waals surface area contributed by atoms with E-state index < -0.39 is 0 Å². The zero-order valence-corrected chi connectivity index (χ0v) is 14.9. The highest BCUT2D eigenvalue weighted by Crippen LogP contribution is 2.57. The van der Waals surface area contributed by atoms with E-state index in [1.807, 2.05) is 13.8 Å². The Kier molecular flexibility index (Phi) is 4.21. The highest BCUT2D eigenvalue weighted by Gasteiger charge is 2.63. The first-order valence-corrected chi connectivity index (χ1v) is 9.22. The van der Waals surface area contributed by atoms with Gasteiger partial charge in [0.05, 0.1) is 24.0 Å². The van der Waals surface area contributed by atoms with Crippen molar-refractivity contribution in [1.82, 2.24) is 0 Å². The number of anilines is 1. The summed E-state index contributed by atoms with van der Waals surface area (Å²) in [7, 11) is 0. The molecule has 1 saturated heterocycles. The lowest BCUT2D eigenvalue weighted by molar-refractivity contribution is -0.145. The van der Waals surface area contributed by atoms with Crippen LogP contribution in [0.3, 0.4) is 0 Å². The minimum Gasteiger partial charge on any atom is -0.462 e. The second-order valence-corrected chi connectivity index (χ2v) is 7.98. The Morgan fingerprint density at radius 2 is 1.96 bits per heavy atom. The fourth-order valence-corrected chi connectivity index (χ4v) is 4.60. The van der Waals surface area contributed by atoms with Crippen molar-refractivity contribution >= 4 is 23.5 Å². The van der Waals surface area contributed by atoms with E-state index in [0.29, 0.717) is 17.9 Å². The molecular weight excluding hydrogens is 334 g/mol. The molecule has 6 heteroatoms. The molecule has 0 radical (unpaired) electrons.